The third-order valence-corrected chi connectivity index (χ3v) is 3.13. The van der Waals surface area contributed by atoms with Crippen LogP contribution >= 0.6 is 15.9 Å². The quantitative estimate of drug-likeness (QED) is 0.782. The van der Waals surface area contributed by atoms with Crippen molar-refractivity contribution in [1.82, 2.24) is 19.7 Å². The fourth-order valence-corrected chi connectivity index (χ4v) is 2.04. The minimum Gasteiger partial charge on any atom is -0.369 e. The number of imidazole rings is 1. The maximum atomic E-state index is 13.5. The summed E-state index contributed by atoms with van der Waals surface area (Å²) in [5, 5.41) is 3.69. The molecule has 0 unspecified atom stereocenters. The molecule has 0 fully saturated rings. The second kappa shape index (κ2) is 4.05. The molecule has 0 aliphatic rings. The molecule has 0 saturated heterocycles. The number of halogens is 2. The molecule has 0 aliphatic carbocycles. The van der Waals surface area contributed by atoms with Crippen molar-refractivity contribution >= 4 is 32.9 Å². The Bertz CT molecular complexity index is 709. The molecule has 0 aliphatic heterocycles. The molecule has 0 radical (unpaired) electrons. The van der Waals surface area contributed by atoms with Crippen LogP contribution in [0.1, 0.15) is 5.82 Å². The van der Waals surface area contributed by atoms with Gasteiger partial charge in [-0.2, -0.15) is 4.98 Å². The number of fused-ring (bicyclic) bond motifs is 1. The number of hydrogen-bond donors (Lipinski definition) is 1. The molecule has 2 heterocycles. The molecule has 3 aromatic rings. The van der Waals surface area contributed by atoms with Gasteiger partial charge >= 0.3 is 0 Å². The summed E-state index contributed by atoms with van der Waals surface area (Å²) in [6, 6.07) is 2.94. The molecular weight excluding hydrogens is 305 g/mol. The van der Waals surface area contributed by atoms with Gasteiger partial charge in [-0.15, -0.1) is 0 Å². The van der Waals surface area contributed by atoms with Crippen molar-refractivity contribution in [3.05, 3.63) is 34.6 Å². The van der Waals surface area contributed by atoms with Gasteiger partial charge < -0.3 is 14.8 Å². The van der Waals surface area contributed by atoms with Crippen LogP contribution in [0.5, 0.6) is 0 Å². The number of nitrogens with two attached hydrogens (primary N) is 1. The number of nitrogen functional groups attached to an aromatic ring is 1. The molecule has 0 spiro atoms. The van der Waals surface area contributed by atoms with E-state index in [0.717, 1.165) is 0 Å². The summed E-state index contributed by atoms with van der Waals surface area (Å²) in [5.74, 6) is 0.341. The molecule has 0 atom stereocenters. The number of anilines is 1. The minimum atomic E-state index is -0.378. The lowest BCUT2D eigenvalue weighted by molar-refractivity contribution is 0.408. The van der Waals surface area contributed by atoms with Gasteiger partial charge in [0.2, 0.25) is 12.3 Å². The maximum Gasteiger partial charge on any atom is 0.213 e. The van der Waals surface area contributed by atoms with Crippen LogP contribution in [0.3, 0.4) is 0 Å². The van der Waals surface area contributed by atoms with Crippen LogP contribution in [-0.4, -0.2) is 19.7 Å². The molecule has 2 aromatic heterocycles. The van der Waals surface area contributed by atoms with Gasteiger partial charge in [-0.25, -0.2) is 9.37 Å². The van der Waals surface area contributed by atoms with Gasteiger partial charge in [-0.1, -0.05) is 5.16 Å². The Kier molecular flexibility index (Phi) is 2.51. The van der Waals surface area contributed by atoms with Gasteiger partial charge in [0.1, 0.15) is 5.82 Å². The number of hydrogen-bond acceptors (Lipinski definition) is 5. The molecule has 3 rings (SSSR count). The fourth-order valence-electron chi connectivity index (χ4n) is 1.71. The second-order valence-electron chi connectivity index (χ2n) is 3.66. The van der Waals surface area contributed by atoms with E-state index in [1.165, 1.54) is 12.5 Å². The van der Waals surface area contributed by atoms with Gasteiger partial charge in [-0.3, -0.25) is 0 Å². The van der Waals surface area contributed by atoms with E-state index in [1.54, 1.807) is 10.6 Å². The van der Waals surface area contributed by atoms with Crippen molar-refractivity contribution in [3.8, 4) is 0 Å². The summed E-state index contributed by atoms with van der Waals surface area (Å²) in [6.45, 7) is 0.278. The van der Waals surface area contributed by atoms with Gasteiger partial charge in [0.05, 0.1) is 22.1 Å². The summed E-state index contributed by atoms with van der Waals surface area (Å²) in [5.41, 5.74) is 6.98. The monoisotopic (exact) mass is 311 g/mol. The number of benzene rings is 1. The zero-order valence-electron chi connectivity index (χ0n) is 8.97. The van der Waals surface area contributed by atoms with Crippen LogP contribution in [0.4, 0.5) is 10.3 Å². The molecule has 2 N–H and O–H groups in total. The fraction of sp³-hybridized carbons (Fsp3) is 0.100. The van der Waals surface area contributed by atoms with E-state index in [2.05, 4.69) is 35.6 Å². The molecule has 1 aromatic carbocycles. The van der Waals surface area contributed by atoms with Crippen LogP contribution in [0.15, 0.2) is 27.5 Å². The van der Waals surface area contributed by atoms with Gasteiger partial charge in [0.25, 0.3) is 0 Å². The number of rotatable bonds is 2. The SMILES string of the molecule is Nc1nc2cc(Br)c(F)cc2n1Cc1ncon1. The molecule has 0 saturated carbocycles. The molecule has 18 heavy (non-hydrogen) atoms. The predicted octanol–water partition coefficient (Wildman–Crippen LogP) is 1.95. The summed E-state index contributed by atoms with van der Waals surface area (Å²) in [6.07, 6.45) is 1.22. The van der Waals surface area contributed by atoms with Crippen LogP contribution in [0, 0.1) is 5.82 Å². The number of aromatic nitrogens is 4. The largest absolute Gasteiger partial charge is 0.369 e. The highest BCUT2D eigenvalue weighted by Crippen LogP contribution is 2.25. The van der Waals surface area contributed by atoms with E-state index in [1.807, 2.05) is 0 Å². The van der Waals surface area contributed by atoms with Crippen LogP contribution in [0.25, 0.3) is 11.0 Å². The van der Waals surface area contributed by atoms with Crippen molar-refractivity contribution in [2.24, 2.45) is 0 Å². The highest BCUT2D eigenvalue weighted by atomic mass is 79.9. The normalized spacial score (nSPS) is 11.2. The summed E-state index contributed by atoms with van der Waals surface area (Å²) in [4.78, 5) is 8.05. The summed E-state index contributed by atoms with van der Waals surface area (Å²) < 4.78 is 20.1. The summed E-state index contributed by atoms with van der Waals surface area (Å²) in [7, 11) is 0. The highest BCUT2D eigenvalue weighted by Gasteiger charge is 2.13. The Hall–Kier alpha value is -1.96. The topological polar surface area (TPSA) is 82.8 Å². The smallest absolute Gasteiger partial charge is 0.213 e. The van der Waals surface area contributed by atoms with Crippen LogP contribution in [0.2, 0.25) is 0 Å². The predicted molar refractivity (Wildman–Crippen MR) is 65.2 cm³/mol. The third-order valence-electron chi connectivity index (χ3n) is 2.53. The van der Waals surface area contributed by atoms with Gasteiger partial charge in [-0.05, 0) is 22.0 Å². The molecule has 6 nitrogen and oxygen atoms in total. The lowest BCUT2D eigenvalue weighted by atomic mass is 10.3. The molecule has 8 heteroatoms. The highest BCUT2D eigenvalue weighted by molar-refractivity contribution is 9.10. The third kappa shape index (κ3) is 1.74. The van der Waals surface area contributed by atoms with E-state index < -0.39 is 0 Å². The number of nitrogens with zero attached hydrogens (tertiary/aromatic N) is 4. The molecule has 92 valence electrons. The van der Waals surface area contributed by atoms with Crippen LogP contribution < -0.4 is 5.73 Å². The first-order chi connectivity index (χ1) is 8.65. The van der Waals surface area contributed by atoms with E-state index in [0.29, 0.717) is 21.3 Å². The Balaban J connectivity index is 2.16. The van der Waals surface area contributed by atoms with Crippen molar-refractivity contribution in [1.29, 1.82) is 0 Å². The Morgan fingerprint density at radius 1 is 1.44 bits per heavy atom. The Labute approximate surface area is 109 Å². The Morgan fingerprint density at radius 3 is 3.00 bits per heavy atom. The lowest BCUT2D eigenvalue weighted by Gasteiger charge is -2.03. The molecular formula is C10H7BrFN5O. The first-order valence-corrected chi connectivity index (χ1v) is 5.80. The lowest BCUT2D eigenvalue weighted by Crippen LogP contribution is -2.05. The average Bonchev–Trinajstić information content (AvgIpc) is 2.92. The van der Waals surface area contributed by atoms with Crippen LogP contribution in [-0.2, 0) is 6.54 Å². The minimum absolute atomic E-state index is 0.271. The zero-order valence-corrected chi connectivity index (χ0v) is 10.6. The van der Waals surface area contributed by atoms with Gasteiger partial charge in [0, 0.05) is 6.07 Å². The van der Waals surface area contributed by atoms with E-state index in [9.17, 15) is 4.39 Å². The van der Waals surface area contributed by atoms with E-state index >= 15 is 0 Å². The summed E-state index contributed by atoms with van der Waals surface area (Å²) >= 11 is 3.11. The van der Waals surface area contributed by atoms with E-state index in [-0.39, 0.29) is 18.3 Å². The van der Waals surface area contributed by atoms with Gasteiger partial charge in [0.15, 0.2) is 5.82 Å². The average molecular weight is 312 g/mol. The Morgan fingerprint density at radius 2 is 2.28 bits per heavy atom. The molecule has 0 bridgehead atoms. The van der Waals surface area contributed by atoms with Crippen molar-refractivity contribution < 1.29 is 8.91 Å². The van der Waals surface area contributed by atoms with Crippen molar-refractivity contribution in [3.63, 3.8) is 0 Å². The van der Waals surface area contributed by atoms with Crippen molar-refractivity contribution in [2.75, 3.05) is 5.73 Å². The first kappa shape index (κ1) is 11.1. The van der Waals surface area contributed by atoms with Crippen molar-refractivity contribution in [2.45, 2.75) is 6.54 Å². The standard InChI is InChI=1S/C10H7BrFN5O/c11-5-1-7-8(2-6(5)12)17(10(13)15-7)3-9-14-4-18-16-9/h1-2,4H,3H2,(H2,13,15). The first-order valence-electron chi connectivity index (χ1n) is 5.01. The zero-order chi connectivity index (χ0) is 12.7. The van der Waals surface area contributed by atoms with E-state index in [4.69, 9.17) is 5.73 Å². The maximum absolute atomic E-state index is 13.5. The molecule has 0 amide bonds. The second-order valence-corrected chi connectivity index (χ2v) is 4.51.